The van der Waals surface area contributed by atoms with Crippen molar-refractivity contribution in [3.05, 3.63) is 86.0 Å². The molecule has 6 heteroatoms. The molecule has 0 spiro atoms. The molecule has 0 fully saturated rings. The summed E-state index contributed by atoms with van der Waals surface area (Å²) in [4.78, 5) is 27.3. The maximum absolute atomic E-state index is 12.3. The Bertz CT molecular complexity index is 996. The summed E-state index contributed by atoms with van der Waals surface area (Å²) in [5.74, 6) is 0. The highest BCUT2D eigenvalue weighted by Gasteiger charge is 2.10. The van der Waals surface area contributed by atoms with E-state index < -0.39 is 11.2 Å². The van der Waals surface area contributed by atoms with Gasteiger partial charge >= 0.3 is 5.69 Å². The predicted molar refractivity (Wildman–Crippen MR) is 87.8 cm³/mol. The molecule has 23 heavy (non-hydrogen) atoms. The number of nitriles is 1. The molecule has 0 aliphatic rings. The maximum Gasteiger partial charge on any atom is 0.333 e. The molecule has 0 saturated heterocycles. The number of aromatic nitrogens is 2. The number of nitrogens with one attached hydrogen (secondary N) is 1. The van der Waals surface area contributed by atoms with E-state index in [0.717, 1.165) is 4.57 Å². The van der Waals surface area contributed by atoms with Crippen LogP contribution >= 0.6 is 11.6 Å². The number of rotatable bonds is 2. The topological polar surface area (TPSA) is 78.7 Å². The van der Waals surface area contributed by atoms with E-state index in [2.05, 4.69) is 4.98 Å². The highest BCUT2D eigenvalue weighted by molar-refractivity contribution is 6.33. The molecular weight excluding hydrogens is 314 g/mol. The fraction of sp³-hybridized carbons (Fsp3) is 0. The van der Waals surface area contributed by atoms with Crippen molar-refractivity contribution >= 4 is 11.6 Å². The van der Waals surface area contributed by atoms with Crippen molar-refractivity contribution in [2.45, 2.75) is 0 Å². The molecule has 112 valence electrons. The summed E-state index contributed by atoms with van der Waals surface area (Å²) in [6.45, 7) is 0. The largest absolute Gasteiger partial charge is 0.333 e. The summed E-state index contributed by atoms with van der Waals surface area (Å²) in [5.41, 5.74) is 0.725. The predicted octanol–water partition coefficient (Wildman–Crippen LogP) is 2.72. The molecule has 0 amide bonds. The Balaban J connectivity index is 2.15. The van der Waals surface area contributed by atoms with Crippen molar-refractivity contribution in [1.82, 2.24) is 9.55 Å². The zero-order valence-corrected chi connectivity index (χ0v) is 12.5. The number of hydrogen-bond donors (Lipinski definition) is 1. The normalized spacial score (nSPS) is 10.3. The maximum atomic E-state index is 12.3. The minimum atomic E-state index is -0.572. The zero-order chi connectivity index (χ0) is 16.4. The molecule has 0 aliphatic carbocycles. The van der Waals surface area contributed by atoms with Crippen LogP contribution in [0.2, 0.25) is 5.02 Å². The van der Waals surface area contributed by atoms with Gasteiger partial charge < -0.3 is 4.98 Å². The first-order valence-corrected chi connectivity index (χ1v) is 7.10. The van der Waals surface area contributed by atoms with E-state index in [1.165, 1.54) is 6.07 Å². The van der Waals surface area contributed by atoms with Crippen LogP contribution in [0.15, 0.2) is 64.2 Å². The minimum Gasteiger partial charge on any atom is -0.306 e. The van der Waals surface area contributed by atoms with Crippen molar-refractivity contribution in [3.63, 3.8) is 0 Å². The molecule has 3 aromatic rings. The second kappa shape index (κ2) is 5.95. The highest BCUT2D eigenvalue weighted by atomic mass is 35.5. The van der Waals surface area contributed by atoms with Crippen molar-refractivity contribution in [3.8, 4) is 23.0 Å². The zero-order valence-electron chi connectivity index (χ0n) is 11.8. The molecule has 1 N–H and O–H groups in total. The van der Waals surface area contributed by atoms with Crippen LogP contribution in [-0.2, 0) is 0 Å². The van der Waals surface area contributed by atoms with Gasteiger partial charge in [0.2, 0.25) is 0 Å². The van der Waals surface area contributed by atoms with Crippen molar-refractivity contribution in [2.75, 3.05) is 0 Å². The molecule has 1 heterocycles. The SMILES string of the molecule is N#Cc1ccc(-n2c(=O)cc(-c3ccccc3Cl)[nH]c2=O)cc1. The lowest BCUT2D eigenvalue weighted by Crippen LogP contribution is -2.33. The molecule has 0 unspecified atom stereocenters. The summed E-state index contributed by atoms with van der Waals surface area (Å²) in [5, 5.41) is 9.24. The molecule has 1 aromatic heterocycles. The third-order valence-electron chi connectivity index (χ3n) is 3.35. The molecule has 5 nitrogen and oxygen atoms in total. The van der Waals surface area contributed by atoms with E-state index in [0.29, 0.717) is 27.5 Å². The number of halogens is 1. The van der Waals surface area contributed by atoms with Crippen molar-refractivity contribution in [1.29, 1.82) is 5.26 Å². The van der Waals surface area contributed by atoms with Crippen LogP contribution in [0.4, 0.5) is 0 Å². The number of nitrogens with zero attached hydrogens (tertiary/aromatic N) is 2. The summed E-state index contributed by atoms with van der Waals surface area (Å²) >= 11 is 6.09. The number of aromatic amines is 1. The van der Waals surface area contributed by atoms with Crippen LogP contribution in [0.1, 0.15) is 5.56 Å². The monoisotopic (exact) mass is 323 g/mol. The lowest BCUT2D eigenvalue weighted by Gasteiger charge is -2.08. The Morgan fingerprint density at radius 2 is 1.74 bits per heavy atom. The van der Waals surface area contributed by atoms with E-state index in [4.69, 9.17) is 16.9 Å². The molecule has 0 bridgehead atoms. The standard InChI is InChI=1S/C17H10ClN3O2/c18-14-4-2-1-3-13(14)15-9-16(22)21(17(23)20-15)12-7-5-11(10-19)6-8-12/h1-9H,(H,20,23). The fourth-order valence-corrected chi connectivity index (χ4v) is 2.49. The molecular formula is C17H10ClN3O2. The van der Waals surface area contributed by atoms with Gasteiger partial charge in [-0.1, -0.05) is 29.8 Å². The Morgan fingerprint density at radius 1 is 1.04 bits per heavy atom. The van der Waals surface area contributed by atoms with E-state index in [1.807, 2.05) is 6.07 Å². The summed E-state index contributed by atoms with van der Waals surface area (Å²) < 4.78 is 1.00. The average Bonchev–Trinajstić information content (AvgIpc) is 2.55. The number of benzene rings is 2. The van der Waals surface area contributed by atoms with E-state index >= 15 is 0 Å². The van der Waals surface area contributed by atoms with Gasteiger partial charge in [0.25, 0.3) is 5.56 Å². The van der Waals surface area contributed by atoms with Crippen LogP contribution < -0.4 is 11.2 Å². The molecule has 0 radical (unpaired) electrons. The lowest BCUT2D eigenvalue weighted by molar-refractivity contribution is 0.879. The first kappa shape index (κ1) is 14.8. The van der Waals surface area contributed by atoms with Gasteiger partial charge in [0.15, 0.2) is 0 Å². The molecule has 0 atom stereocenters. The first-order chi connectivity index (χ1) is 11.1. The Labute approximate surface area is 136 Å². The van der Waals surface area contributed by atoms with Gasteiger partial charge in [-0.2, -0.15) is 5.26 Å². The van der Waals surface area contributed by atoms with E-state index in [1.54, 1.807) is 48.5 Å². The summed E-state index contributed by atoms with van der Waals surface area (Å²) in [6.07, 6.45) is 0. The highest BCUT2D eigenvalue weighted by Crippen LogP contribution is 2.24. The van der Waals surface area contributed by atoms with Gasteiger partial charge in [-0.15, -0.1) is 0 Å². The van der Waals surface area contributed by atoms with Crippen LogP contribution in [0.5, 0.6) is 0 Å². The van der Waals surface area contributed by atoms with Gasteiger partial charge in [0.05, 0.1) is 23.0 Å². The summed E-state index contributed by atoms with van der Waals surface area (Å²) in [7, 11) is 0. The van der Waals surface area contributed by atoms with Gasteiger partial charge in [-0.25, -0.2) is 9.36 Å². The Morgan fingerprint density at radius 3 is 2.35 bits per heavy atom. The van der Waals surface area contributed by atoms with Gasteiger partial charge in [0, 0.05) is 16.7 Å². The van der Waals surface area contributed by atoms with Crippen LogP contribution in [0, 0.1) is 11.3 Å². The third kappa shape index (κ3) is 2.80. The van der Waals surface area contributed by atoms with Crippen LogP contribution in [0.25, 0.3) is 16.9 Å². The quantitative estimate of drug-likeness (QED) is 0.787. The van der Waals surface area contributed by atoms with Crippen molar-refractivity contribution < 1.29 is 0 Å². The van der Waals surface area contributed by atoms with E-state index in [-0.39, 0.29) is 0 Å². The Kier molecular flexibility index (Phi) is 3.83. The van der Waals surface area contributed by atoms with Crippen molar-refractivity contribution in [2.24, 2.45) is 0 Å². The van der Waals surface area contributed by atoms with Gasteiger partial charge in [-0.3, -0.25) is 4.79 Å². The number of H-pyrrole nitrogens is 1. The average molecular weight is 324 g/mol. The lowest BCUT2D eigenvalue weighted by atomic mass is 10.1. The molecule has 0 aliphatic heterocycles. The van der Waals surface area contributed by atoms with E-state index in [9.17, 15) is 9.59 Å². The smallest absolute Gasteiger partial charge is 0.306 e. The van der Waals surface area contributed by atoms with Crippen LogP contribution in [0.3, 0.4) is 0 Å². The first-order valence-electron chi connectivity index (χ1n) is 6.72. The molecule has 3 rings (SSSR count). The van der Waals surface area contributed by atoms with Gasteiger partial charge in [0.1, 0.15) is 0 Å². The fourth-order valence-electron chi connectivity index (χ4n) is 2.25. The molecule has 0 saturated carbocycles. The Hall–Kier alpha value is -3.10. The third-order valence-corrected chi connectivity index (χ3v) is 3.68. The second-order valence-corrected chi connectivity index (χ2v) is 5.21. The second-order valence-electron chi connectivity index (χ2n) is 4.80. The van der Waals surface area contributed by atoms with Gasteiger partial charge in [-0.05, 0) is 30.3 Å². The molecule has 2 aromatic carbocycles. The number of hydrogen-bond acceptors (Lipinski definition) is 3. The minimum absolute atomic E-state index is 0.357. The summed E-state index contributed by atoms with van der Waals surface area (Å²) in [6, 6.07) is 16.4. The van der Waals surface area contributed by atoms with Crippen LogP contribution in [-0.4, -0.2) is 9.55 Å².